The maximum Gasteiger partial charge on any atom is 0.225 e. The number of aromatic nitrogens is 1. The zero-order valence-corrected chi connectivity index (χ0v) is 13.7. The van der Waals surface area contributed by atoms with E-state index < -0.39 is 5.54 Å². The molecular formula is C15H12BrN3OS. The van der Waals surface area contributed by atoms with Crippen molar-refractivity contribution in [1.29, 1.82) is 0 Å². The Morgan fingerprint density at radius 3 is 2.95 bits per heavy atom. The summed E-state index contributed by atoms with van der Waals surface area (Å²) in [6, 6.07) is 8.16. The van der Waals surface area contributed by atoms with Gasteiger partial charge >= 0.3 is 0 Å². The van der Waals surface area contributed by atoms with Crippen LogP contribution in [0.3, 0.4) is 0 Å². The molecule has 4 rings (SSSR count). The van der Waals surface area contributed by atoms with Crippen molar-refractivity contribution >= 4 is 32.9 Å². The number of ether oxygens (including phenoxy) is 1. The van der Waals surface area contributed by atoms with Crippen LogP contribution in [0.15, 0.2) is 39.9 Å². The quantitative estimate of drug-likeness (QED) is 0.779. The molecule has 2 aromatic rings. The summed E-state index contributed by atoms with van der Waals surface area (Å²) < 4.78 is 6.87. The Balaban J connectivity index is 2.05. The number of amidine groups is 1. The number of pyridine rings is 1. The van der Waals surface area contributed by atoms with Crippen molar-refractivity contribution in [3.63, 3.8) is 0 Å². The number of hydrogen-bond acceptors (Lipinski definition) is 5. The van der Waals surface area contributed by atoms with E-state index in [-0.39, 0.29) is 0 Å². The van der Waals surface area contributed by atoms with Crippen molar-refractivity contribution < 1.29 is 4.74 Å². The van der Waals surface area contributed by atoms with Crippen LogP contribution in [0.4, 0.5) is 0 Å². The molecule has 1 unspecified atom stereocenters. The maximum atomic E-state index is 5.97. The van der Waals surface area contributed by atoms with Crippen LogP contribution in [0.2, 0.25) is 0 Å². The molecule has 0 aliphatic carbocycles. The van der Waals surface area contributed by atoms with Crippen LogP contribution >= 0.6 is 27.7 Å². The molecule has 0 amide bonds. The predicted octanol–water partition coefficient (Wildman–Crippen LogP) is 3.56. The third kappa shape index (κ3) is 1.89. The minimum Gasteiger partial charge on any atom is -0.438 e. The molecule has 1 aromatic heterocycles. The summed E-state index contributed by atoms with van der Waals surface area (Å²) in [6.07, 6.45) is 1.74. The fraction of sp³-hybridized carbons (Fsp3) is 0.200. The molecule has 1 aromatic carbocycles. The van der Waals surface area contributed by atoms with E-state index in [1.807, 2.05) is 18.2 Å². The molecule has 0 radical (unpaired) electrons. The Bertz CT molecular complexity index is 739. The normalized spacial score (nSPS) is 22.5. The first-order valence-electron chi connectivity index (χ1n) is 6.52. The number of aliphatic imine (C=N–C) groups is 1. The summed E-state index contributed by atoms with van der Waals surface area (Å²) >= 11 is 5.06. The third-order valence-electron chi connectivity index (χ3n) is 3.78. The summed E-state index contributed by atoms with van der Waals surface area (Å²) in [5, 5.41) is 0.607. The first kappa shape index (κ1) is 13.2. The second-order valence-electron chi connectivity index (χ2n) is 5.21. The molecule has 6 heteroatoms. The molecule has 106 valence electrons. The third-order valence-corrected chi connectivity index (χ3v) is 5.16. The number of rotatable bonds is 0. The van der Waals surface area contributed by atoms with Crippen LogP contribution in [-0.4, -0.2) is 15.9 Å². The van der Waals surface area contributed by atoms with Gasteiger partial charge in [0.05, 0.1) is 0 Å². The van der Waals surface area contributed by atoms with Crippen LogP contribution in [0.25, 0.3) is 0 Å². The second-order valence-corrected chi connectivity index (χ2v) is 7.12. The lowest BCUT2D eigenvalue weighted by molar-refractivity contribution is 0.399. The maximum absolute atomic E-state index is 5.97. The van der Waals surface area contributed by atoms with Crippen LogP contribution in [-0.2, 0) is 5.54 Å². The van der Waals surface area contributed by atoms with E-state index in [0.717, 1.165) is 27.1 Å². The van der Waals surface area contributed by atoms with Gasteiger partial charge < -0.3 is 10.5 Å². The number of nitrogens with two attached hydrogens (primary N) is 1. The fourth-order valence-corrected chi connectivity index (χ4v) is 4.10. The molecular weight excluding hydrogens is 350 g/mol. The van der Waals surface area contributed by atoms with Crippen molar-refractivity contribution in [2.45, 2.75) is 12.5 Å². The van der Waals surface area contributed by atoms with Gasteiger partial charge in [-0.05, 0) is 41.1 Å². The van der Waals surface area contributed by atoms with E-state index in [2.05, 4.69) is 33.9 Å². The van der Waals surface area contributed by atoms with Gasteiger partial charge in [0, 0.05) is 27.5 Å². The van der Waals surface area contributed by atoms with Crippen molar-refractivity contribution in [3.05, 3.63) is 51.6 Å². The average molecular weight is 362 g/mol. The van der Waals surface area contributed by atoms with Gasteiger partial charge in [-0.15, -0.1) is 0 Å². The van der Waals surface area contributed by atoms with E-state index >= 15 is 0 Å². The van der Waals surface area contributed by atoms with Gasteiger partial charge in [-0.2, -0.15) is 0 Å². The van der Waals surface area contributed by atoms with Gasteiger partial charge in [0.2, 0.25) is 5.88 Å². The number of nitrogens with zero attached hydrogens (tertiary/aromatic N) is 2. The average Bonchev–Trinajstić information content (AvgIpc) is 2.84. The lowest BCUT2D eigenvalue weighted by atomic mass is 9.82. The van der Waals surface area contributed by atoms with Gasteiger partial charge in [-0.1, -0.05) is 23.4 Å². The van der Waals surface area contributed by atoms with Gasteiger partial charge in [0.15, 0.2) is 5.17 Å². The van der Waals surface area contributed by atoms with E-state index in [9.17, 15) is 0 Å². The van der Waals surface area contributed by atoms with Crippen LogP contribution < -0.4 is 10.5 Å². The lowest BCUT2D eigenvalue weighted by Gasteiger charge is -2.33. The fourth-order valence-electron chi connectivity index (χ4n) is 2.82. The Kier molecular flexibility index (Phi) is 2.81. The summed E-state index contributed by atoms with van der Waals surface area (Å²) in [6.45, 7) is 2.07. The highest BCUT2D eigenvalue weighted by atomic mass is 79.9. The van der Waals surface area contributed by atoms with Gasteiger partial charge in [-0.25, -0.2) is 9.98 Å². The SMILES string of the molecule is Cc1ccc2c(c1)C1(CSC(N)=N1)c1cc(Br)cnc1O2. The topological polar surface area (TPSA) is 60.5 Å². The molecule has 2 N–H and O–H groups in total. The van der Waals surface area contributed by atoms with Gasteiger partial charge in [0.25, 0.3) is 0 Å². The molecule has 0 saturated carbocycles. The summed E-state index contributed by atoms with van der Waals surface area (Å²) in [4.78, 5) is 9.16. The Labute approximate surface area is 134 Å². The number of hydrogen-bond donors (Lipinski definition) is 1. The smallest absolute Gasteiger partial charge is 0.225 e. The summed E-state index contributed by atoms with van der Waals surface area (Å²) in [7, 11) is 0. The number of fused-ring (bicyclic) bond motifs is 4. The highest BCUT2D eigenvalue weighted by Gasteiger charge is 2.46. The van der Waals surface area contributed by atoms with E-state index in [0.29, 0.717) is 11.0 Å². The molecule has 4 nitrogen and oxygen atoms in total. The van der Waals surface area contributed by atoms with Crippen molar-refractivity contribution in [1.82, 2.24) is 4.98 Å². The molecule has 0 saturated heterocycles. The molecule has 2 aliphatic rings. The van der Waals surface area contributed by atoms with Crippen molar-refractivity contribution in [2.24, 2.45) is 10.7 Å². The van der Waals surface area contributed by atoms with E-state index in [1.54, 1.807) is 18.0 Å². The lowest BCUT2D eigenvalue weighted by Crippen LogP contribution is -2.30. The molecule has 0 fully saturated rings. The molecule has 0 bridgehead atoms. The highest BCUT2D eigenvalue weighted by Crippen LogP contribution is 2.52. The highest BCUT2D eigenvalue weighted by molar-refractivity contribution is 9.10. The Hall–Kier alpha value is -1.53. The number of halogens is 1. The largest absolute Gasteiger partial charge is 0.438 e. The summed E-state index contributed by atoms with van der Waals surface area (Å²) in [5.74, 6) is 2.18. The standard InChI is InChI=1S/C15H12BrN3OS/c1-8-2-3-12-10(4-8)15(7-21-14(17)19-15)11-5-9(16)6-18-13(11)20-12/h2-6H,7H2,1H3,(H2,17,19). The van der Waals surface area contributed by atoms with E-state index in [4.69, 9.17) is 15.5 Å². The first-order chi connectivity index (χ1) is 10.1. The van der Waals surface area contributed by atoms with Crippen molar-refractivity contribution in [2.75, 3.05) is 5.75 Å². The van der Waals surface area contributed by atoms with Crippen LogP contribution in [0.1, 0.15) is 16.7 Å². The molecule has 21 heavy (non-hydrogen) atoms. The van der Waals surface area contributed by atoms with Gasteiger partial charge in [0.1, 0.15) is 11.3 Å². The minimum atomic E-state index is -0.500. The summed E-state index contributed by atoms with van der Waals surface area (Å²) in [5.41, 5.74) is 8.67. The van der Waals surface area contributed by atoms with Crippen LogP contribution in [0, 0.1) is 6.92 Å². The van der Waals surface area contributed by atoms with E-state index in [1.165, 1.54) is 5.56 Å². The zero-order valence-electron chi connectivity index (χ0n) is 11.3. The molecule has 3 heterocycles. The number of aryl methyl sites for hydroxylation is 1. The molecule has 2 aliphatic heterocycles. The van der Waals surface area contributed by atoms with Crippen LogP contribution in [0.5, 0.6) is 11.6 Å². The second kappa shape index (κ2) is 4.48. The van der Waals surface area contributed by atoms with Crippen molar-refractivity contribution in [3.8, 4) is 11.6 Å². The van der Waals surface area contributed by atoms with Gasteiger partial charge in [-0.3, -0.25) is 0 Å². The zero-order chi connectivity index (χ0) is 14.6. The predicted molar refractivity (Wildman–Crippen MR) is 88.1 cm³/mol. The minimum absolute atomic E-state index is 0.500. The Morgan fingerprint density at radius 1 is 1.33 bits per heavy atom. The Morgan fingerprint density at radius 2 is 2.19 bits per heavy atom. The molecule has 1 atom stereocenters. The first-order valence-corrected chi connectivity index (χ1v) is 8.29. The molecule has 1 spiro atoms. The number of benzene rings is 1. The number of thioether (sulfide) groups is 1. The monoisotopic (exact) mass is 361 g/mol.